The molecule has 4 heteroatoms. The van der Waals surface area contributed by atoms with E-state index in [2.05, 4.69) is 15.9 Å². The second-order valence-electron chi connectivity index (χ2n) is 5.24. The summed E-state index contributed by atoms with van der Waals surface area (Å²) in [7, 11) is 0. The van der Waals surface area contributed by atoms with Crippen LogP contribution in [0.1, 0.15) is 21.5 Å². The molecule has 0 fully saturated rings. The lowest BCUT2D eigenvalue weighted by Crippen LogP contribution is -2.11. The molecule has 0 saturated heterocycles. The first-order chi connectivity index (χ1) is 11.0. The van der Waals surface area contributed by atoms with Crippen molar-refractivity contribution in [3.8, 4) is 0 Å². The number of benzene rings is 2. The van der Waals surface area contributed by atoms with Crippen molar-refractivity contribution in [1.82, 2.24) is 0 Å². The van der Waals surface area contributed by atoms with E-state index in [0.29, 0.717) is 11.0 Å². The molecule has 1 heterocycles. The second-order valence-corrected chi connectivity index (χ2v) is 6.15. The highest BCUT2D eigenvalue weighted by Crippen LogP contribution is 2.19. The molecule has 3 nitrogen and oxygen atoms in total. The third kappa shape index (κ3) is 3.48. The van der Waals surface area contributed by atoms with Crippen LogP contribution in [-0.2, 0) is 0 Å². The lowest BCUT2D eigenvalue weighted by Gasteiger charge is -2.00. The summed E-state index contributed by atoms with van der Waals surface area (Å²) < 4.78 is 6.06. The number of fused-ring (bicyclic) bond motifs is 1. The standard InChI is InChI=1S/C19H13BrO3/c1-12-2-4-13(5-3-12)6-8-17(21)16-11-14-10-15(20)7-9-18(14)23-19(16)22/h2-11H,1H3/b8-6+. The van der Waals surface area contributed by atoms with E-state index < -0.39 is 5.63 Å². The summed E-state index contributed by atoms with van der Waals surface area (Å²) in [6.45, 7) is 2.00. The van der Waals surface area contributed by atoms with Crippen LogP contribution in [0.15, 0.2) is 68.3 Å². The van der Waals surface area contributed by atoms with Gasteiger partial charge in [-0.05, 0) is 42.8 Å². The van der Waals surface area contributed by atoms with Crippen LogP contribution in [0.25, 0.3) is 17.0 Å². The van der Waals surface area contributed by atoms with E-state index in [0.717, 1.165) is 15.6 Å². The van der Waals surface area contributed by atoms with Gasteiger partial charge in [0.2, 0.25) is 0 Å². The van der Waals surface area contributed by atoms with Gasteiger partial charge in [-0.3, -0.25) is 4.79 Å². The molecule has 0 N–H and O–H groups in total. The van der Waals surface area contributed by atoms with Crippen LogP contribution in [0.5, 0.6) is 0 Å². The van der Waals surface area contributed by atoms with E-state index in [4.69, 9.17) is 4.42 Å². The number of rotatable bonds is 3. The Balaban J connectivity index is 1.95. The molecule has 0 spiro atoms. The zero-order valence-corrected chi connectivity index (χ0v) is 14.0. The summed E-state index contributed by atoms with van der Waals surface area (Å²) in [5.41, 5.74) is 1.90. The molecule has 3 rings (SSSR count). The Bertz CT molecular complexity index is 966. The van der Waals surface area contributed by atoms with Crippen LogP contribution in [0.4, 0.5) is 0 Å². The third-order valence-corrected chi connectivity index (χ3v) is 3.96. The maximum absolute atomic E-state index is 12.3. The Hall–Kier alpha value is -2.46. The highest BCUT2D eigenvalue weighted by Gasteiger charge is 2.11. The fourth-order valence-corrected chi connectivity index (χ4v) is 2.58. The highest BCUT2D eigenvalue weighted by molar-refractivity contribution is 9.10. The normalized spacial score (nSPS) is 11.2. The van der Waals surface area contributed by atoms with Crippen LogP contribution >= 0.6 is 15.9 Å². The molecule has 0 atom stereocenters. The number of halogens is 1. The molecule has 0 aliphatic carbocycles. The van der Waals surface area contributed by atoms with Gasteiger partial charge in [0.15, 0.2) is 5.78 Å². The zero-order valence-electron chi connectivity index (χ0n) is 12.4. The van der Waals surface area contributed by atoms with E-state index in [1.54, 1.807) is 30.3 Å². The summed E-state index contributed by atoms with van der Waals surface area (Å²) in [5.74, 6) is -0.374. The first kappa shape index (κ1) is 15.4. The lowest BCUT2D eigenvalue weighted by molar-refractivity contribution is 0.104. The molecule has 0 aliphatic heterocycles. The fourth-order valence-electron chi connectivity index (χ4n) is 2.21. The van der Waals surface area contributed by atoms with Gasteiger partial charge in [-0.25, -0.2) is 4.79 Å². The summed E-state index contributed by atoms with van der Waals surface area (Å²) in [4.78, 5) is 24.3. The highest BCUT2D eigenvalue weighted by atomic mass is 79.9. The summed E-state index contributed by atoms with van der Waals surface area (Å²) in [6.07, 6.45) is 3.08. The number of carbonyl (C=O) groups is 1. The molecule has 23 heavy (non-hydrogen) atoms. The van der Waals surface area contributed by atoms with Gasteiger partial charge in [-0.15, -0.1) is 0 Å². The Labute approximate surface area is 141 Å². The summed E-state index contributed by atoms with van der Waals surface area (Å²) in [6, 6.07) is 14.6. The Kier molecular flexibility index (Phi) is 4.26. The molecule has 0 aliphatic rings. The molecule has 2 aromatic carbocycles. The molecule has 0 amide bonds. The average Bonchev–Trinajstić information content (AvgIpc) is 2.54. The SMILES string of the molecule is Cc1ccc(/C=C/C(=O)c2cc3cc(Br)ccc3oc2=O)cc1. The minimum absolute atomic E-state index is 0.0268. The number of ketones is 1. The van der Waals surface area contributed by atoms with Gasteiger partial charge in [0, 0.05) is 9.86 Å². The van der Waals surface area contributed by atoms with Crippen molar-refractivity contribution in [2.45, 2.75) is 6.92 Å². The van der Waals surface area contributed by atoms with Gasteiger partial charge in [-0.2, -0.15) is 0 Å². The third-order valence-electron chi connectivity index (χ3n) is 3.46. The molecule has 1 aromatic heterocycles. The summed E-state index contributed by atoms with van der Waals surface area (Å²) >= 11 is 3.36. The van der Waals surface area contributed by atoms with Crippen molar-refractivity contribution >= 4 is 38.8 Å². The van der Waals surface area contributed by atoms with E-state index in [1.807, 2.05) is 31.2 Å². The Morgan fingerprint density at radius 3 is 2.57 bits per heavy atom. The van der Waals surface area contributed by atoms with Crippen molar-refractivity contribution in [3.05, 3.63) is 86.2 Å². The molecule has 3 aromatic rings. The van der Waals surface area contributed by atoms with Crippen LogP contribution < -0.4 is 5.63 Å². The fraction of sp³-hybridized carbons (Fsp3) is 0.0526. The van der Waals surface area contributed by atoms with Crippen molar-refractivity contribution < 1.29 is 9.21 Å². The van der Waals surface area contributed by atoms with Crippen LogP contribution in [0, 0.1) is 6.92 Å². The molecule has 114 valence electrons. The van der Waals surface area contributed by atoms with Crippen molar-refractivity contribution in [2.75, 3.05) is 0 Å². The number of carbonyl (C=O) groups excluding carboxylic acids is 1. The molecular formula is C19H13BrO3. The largest absolute Gasteiger partial charge is 0.422 e. The van der Waals surface area contributed by atoms with E-state index >= 15 is 0 Å². The molecule has 0 unspecified atom stereocenters. The number of allylic oxidation sites excluding steroid dienone is 1. The predicted octanol–water partition coefficient (Wildman–Crippen LogP) is 4.76. The molecule has 0 radical (unpaired) electrons. The molecule has 0 saturated carbocycles. The quantitative estimate of drug-likeness (QED) is 0.380. The minimum Gasteiger partial charge on any atom is -0.422 e. The average molecular weight is 369 g/mol. The van der Waals surface area contributed by atoms with Crippen LogP contribution in [0.3, 0.4) is 0 Å². The van der Waals surface area contributed by atoms with Gasteiger partial charge < -0.3 is 4.42 Å². The number of hydrogen-bond acceptors (Lipinski definition) is 3. The Morgan fingerprint density at radius 1 is 1.09 bits per heavy atom. The van der Waals surface area contributed by atoms with Crippen molar-refractivity contribution in [2.24, 2.45) is 0 Å². The van der Waals surface area contributed by atoms with Gasteiger partial charge in [0.1, 0.15) is 11.1 Å². The number of aryl methyl sites for hydroxylation is 1. The minimum atomic E-state index is -0.627. The van der Waals surface area contributed by atoms with Crippen molar-refractivity contribution in [1.29, 1.82) is 0 Å². The van der Waals surface area contributed by atoms with E-state index in [9.17, 15) is 9.59 Å². The van der Waals surface area contributed by atoms with Gasteiger partial charge in [0.05, 0.1) is 0 Å². The van der Waals surface area contributed by atoms with E-state index in [1.165, 1.54) is 6.08 Å². The van der Waals surface area contributed by atoms with Gasteiger partial charge >= 0.3 is 5.63 Å². The number of hydrogen-bond donors (Lipinski definition) is 0. The van der Waals surface area contributed by atoms with Crippen molar-refractivity contribution in [3.63, 3.8) is 0 Å². The van der Waals surface area contributed by atoms with Crippen LogP contribution in [-0.4, -0.2) is 5.78 Å². The second kappa shape index (κ2) is 6.34. The smallest absolute Gasteiger partial charge is 0.347 e. The topological polar surface area (TPSA) is 47.3 Å². The van der Waals surface area contributed by atoms with E-state index in [-0.39, 0.29) is 11.3 Å². The first-order valence-corrected chi connectivity index (χ1v) is 7.85. The predicted molar refractivity (Wildman–Crippen MR) is 94.7 cm³/mol. The maximum Gasteiger partial charge on any atom is 0.347 e. The Morgan fingerprint density at radius 2 is 1.83 bits per heavy atom. The monoisotopic (exact) mass is 368 g/mol. The maximum atomic E-state index is 12.3. The van der Waals surface area contributed by atoms with Gasteiger partial charge in [-0.1, -0.05) is 51.8 Å². The molecule has 0 bridgehead atoms. The van der Waals surface area contributed by atoms with Crippen LogP contribution in [0.2, 0.25) is 0 Å². The van der Waals surface area contributed by atoms with Gasteiger partial charge in [0.25, 0.3) is 0 Å². The lowest BCUT2D eigenvalue weighted by atomic mass is 10.1. The zero-order chi connectivity index (χ0) is 16.4. The first-order valence-electron chi connectivity index (χ1n) is 7.05. The summed E-state index contributed by atoms with van der Waals surface area (Å²) in [5, 5.41) is 0.700. The molecular weight excluding hydrogens is 356 g/mol.